The molecule has 2 unspecified atom stereocenters. The summed E-state index contributed by atoms with van der Waals surface area (Å²) in [5.41, 5.74) is 0.134. The van der Waals surface area contributed by atoms with Crippen LogP contribution in [0.25, 0.3) is 11.0 Å². The Bertz CT molecular complexity index is 674. The minimum absolute atomic E-state index is 0.244. The first-order valence-electron chi connectivity index (χ1n) is 5.29. The topological polar surface area (TPSA) is 89.1 Å². The minimum atomic E-state index is -1.35. The van der Waals surface area contributed by atoms with Crippen molar-refractivity contribution in [1.29, 1.82) is 0 Å². The van der Waals surface area contributed by atoms with Gasteiger partial charge < -0.3 is 24.1 Å². The van der Waals surface area contributed by atoms with Crippen molar-refractivity contribution in [1.82, 2.24) is 0 Å². The lowest BCUT2D eigenvalue weighted by Crippen LogP contribution is -2.16. The zero-order valence-electron chi connectivity index (χ0n) is 9.41. The number of methoxy groups -OCH3 is 1. The molecule has 0 fully saturated rings. The van der Waals surface area contributed by atoms with Crippen LogP contribution in [0.1, 0.15) is 11.7 Å². The van der Waals surface area contributed by atoms with Crippen LogP contribution in [0.15, 0.2) is 27.4 Å². The SMILES string of the molecule is COc1c2c(cc3oc(=O)ccc13)OC(O)C2O. The van der Waals surface area contributed by atoms with Crippen LogP contribution in [-0.2, 0) is 0 Å². The summed E-state index contributed by atoms with van der Waals surface area (Å²) in [4.78, 5) is 11.2. The quantitative estimate of drug-likeness (QED) is 0.718. The van der Waals surface area contributed by atoms with Crippen molar-refractivity contribution >= 4 is 11.0 Å². The summed E-state index contributed by atoms with van der Waals surface area (Å²) in [5.74, 6) is 0.573. The molecule has 6 heteroatoms. The third kappa shape index (κ3) is 1.40. The molecule has 6 nitrogen and oxygen atoms in total. The number of aliphatic hydroxyl groups excluding tert-OH is 2. The van der Waals surface area contributed by atoms with Crippen LogP contribution in [0.3, 0.4) is 0 Å². The van der Waals surface area contributed by atoms with Gasteiger partial charge in [0.1, 0.15) is 23.2 Å². The Balaban J connectivity index is 2.39. The number of fused-ring (bicyclic) bond motifs is 2. The molecule has 0 amide bonds. The molecule has 2 atom stereocenters. The van der Waals surface area contributed by atoms with Crippen LogP contribution >= 0.6 is 0 Å². The Morgan fingerprint density at radius 3 is 2.83 bits per heavy atom. The second-order valence-corrected chi connectivity index (χ2v) is 3.94. The fraction of sp³-hybridized carbons (Fsp3) is 0.250. The molecular weight excluding hydrogens is 240 g/mol. The number of aliphatic hydroxyl groups is 2. The highest BCUT2D eigenvalue weighted by atomic mass is 16.6. The Morgan fingerprint density at radius 1 is 1.33 bits per heavy atom. The van der Waals surface area contributed by atoms with E-state index < -0.39 is 18.0 Å². The molecule has 1 aliphatic heterocycles. The fourth-order valence-corrected chi connectivity index (χ4v) is 2.11. The van der Waals surface area contributed by atoms with E-state index in [4.69, 9.17) is 13.9 Å². The van der Waals surface area contributed by atoms with Crippen molar-refractivity contribution in [2.45, 2.75) is 12.4 Å². The monoisotopic (exact) mass is 250 g/mol. The summed E-state index contributed by atoms with van der Waals surface area (Å²) in [5, 5.41) is 19.8. The van der Waals surface area contributed by atoms with Crippen LogP contribution in [0.5, 0.6) is 11.5 Å². The molecule has 94 valence electrons. The second-order valence-electron chi connectivity index (χ2n) is 3.94. The average Bonchev–Trinajstić information content (AvgIpc) is 2.62. The second kappa shape index (κ2) is 3.72. The zero-order chi connectivity index (χ0) is 12.9. The Hall–Kier alpha value is -2.05. The van der Waals surface area contributed by atoms with Crippen molar-refractivity contribution in [2.24, 2.45) is 0 Å². The van der Waals surface area contributed by atoms with Gasteiger partial charge in [0, 0.05) is 12.1 Å². The maximum Gasteiger partial charge on any atom is 0.336 e. The molecule has 3 rings (SSSR count). The predicted octanol–water partition coefficient (Wildman–Crippen LogP) is 0.546. The first kappa shape index (κ1) is 11.1. The normalized spacial score (nSPS) is 21.7. The summed E-state index contributed by atoms with van der Waals surface area (Å²) in [7, 11) is 1.43. The third-order valence-electron chi connectivity index (χ3n) is 2.90. The lowest BCUT2D eigenvalue weighted by Gasteiger charge is -2.10. The molecule has 2 heterocycles. The third-order valence-corrected chi connectivity index (χ3v) is 2.90. The number of ether oxygens (including phenoxy) is 2. The van der Waals surface area contributed by atoms with E-state index in [0.29, 0.717) is 16.7 Å². The van der Waals surface area contributed by atoms with E-state index in [1.165, 1.54) is 25.3 Å². The van der Waals surface area contributed by atoms with Crippen LogP contribution < -0.4 is 15.1 Å². The van der Waals surface area contributed by atoms with Crippen LogP contribution in [0.2, 0.25) is 0 Å². The molecule has 2 aromatic rings. The average molecular weight is 250 g/mol. The Kier molecular flexibility index (Phi) is 2.29. The van der Waals surface area contributed by atoms with Gasteiger partial charge in [-0.1, -0.05) is 0 Å². The fourth-order valence-electron chi connectivity index (χ4n) is 2.11. The van der Waals surface area contributed by atoms with Crippen molar-refractivity contribution in [3.8, 4) is 11.5 Å². The number of benzene rings is 1. The summed E-state index contributed by atoms with van der Waals surface area (Å²) in [6, 6.07) is 4.25. The molecular formula is C12H10O6. The van der Waals surface area contributed by atoms with Crippen molar-refractivity contribution in [2.75, 3.05) is 7.11 Å². The smallest absolute Gasteiger partial charge is 0.336 e. The molecule has 0 saturated heterocycles. The van der Waals surface area contributed by atoms with Gasteiger partial charge in [-0.3, -0.25) is 0 Å². The minimum Gasteiger partial charge on any atom is -0.495 e. The van der Waals surface area contributed by atoms with E-state index in [0.717, 1.165) is 0 Å². The number of rotatable bonds is 1. The highest BCUT2D eigenvalue weighted by Crippen LogP contribution is 2.45. The zero-order valence-corrected chi connectivity index (χ0v) is 9.41. The van der Waals surface area contributed by atoms with Gasteiger partial charge in [-0.05, 0) is 6.07 Å². The highest BCUT2D eigenvalue weighted by molar-refractivity contribution is 5.87. The van der Waals surface area contributed by atoms with Crippen LogP contribution in [0.4, 0.5) is 0 Å². The molecule has 1 aliphatic rings. The van der Waals surface area contributed by atoms with Crippen LogP contribution in [-0.4, -0.2) is 23.6 Å². The molecule has 0 saturated carbocycles. The van der Waals surface area contributed by atoms with Gasteiger partial charge in [0.15, 0.2) is 0 Å². The van der Waals surface area contributed by atoms with Crippen LogP contribution in [0, 0.1) is 0 Å². The Labute approximate surface area is 101 Å². The molecule has 2 N–H and O–H groups in total. The standard InChI is InChI=1S/C12H10O6/c1-16-11-5-2-3-8(13)17-6(5)4-7-9(11)10(14)12(15)18-7/h2-4,10,12,14-15H,1H3. The maximum absolute atomic E-state index is 11.2. The largest absolute Gasteiger partial charge is 0.495 e. The molecule has 18 heavy (non-hydrogen) atoms. The van der Waals surface area contributed by atoms with Crippen molar-refractivity contribution < 1.29 is 24.1 Å². The number of hydrogen-bond acceptors (Lipinski definition) is 6. The van der Waals surface area contributed by atoms with Crippen molar-refractivity contribution in [3.63, 3.8) is 0 Å². The van der Waals surface area contributed by atoms with Gasteiger partial charge in [0.05, 0.1) is 18.1 Å². The van der Waals surface area contributed by atoms with Crippen molar-refractivity contribution in [3.05, 3.63) is 34.2 Å². The van der Waals surface area contributed by atoms with E-state index in [2.05, 4.69) is 0 Å². The lowest BCUT2D eigenvalue weighted by atomic mass is 10.1. The van der Waals surface area contributed by atoms with E-state index in [9.17, 15) is 15.0 Å². The summed E-state index contributed by atoms with van der Waals surface area (Å²) < 4.78 is 15.3. The van der Waals surface area contributed by atoms with Gasteiger partial charge >= 0.3 is 5.63 Å². The molecule has 0 bridgehead atoms. The van der Waals surface area contributed by atoms with E-state index in [1.807, 2.05) is 0 Å². The molecule has 1 aromatic heterocycles. The number of hydrogen-bond donors (Lipinski definition) is 2. The van der Waals surface area contributed by atoms with Gasteiger partial charge in [-0.2, -0.15) is 0 Å². The maximum atomic E-state index is 11.2. The van der Waals surface area contributed by atoms with Gasteiger partial charge in [0.2, 0.25) is 6.29 Å². The Morgan fingerprint density at radius 2 is 2.11 bits per heavy atom. The van der Waals surface area contributed by atoms with E-state index >= 15 is 0 Å². The van der Waals surface area contributed by atoms with Gasteiger partial charge in [-0.15, -0.1) is 0 Å². The molecule has 1 aromatic carbocycles. The summed E-state index contributed by atoms with van der Waals surface area (Å²) in [6.45, 7) is 0. The molecule has 0 spiro atoms. The first-order chi connectivity index (χ1) is 8.61. The first-order valence-corrected chi connectivity index (χ1v) is 5.29. The van der Waals surface area contributed by atoms with Gasteiger partial charge in [-0.25, -0.2) is 4.79 Å². The van der Waals surface area contributed by atoms with Gasteiger partial charge in [0.25, 0.3) is 0 Å². The predicted molar refractivity (Wildman–Crippen MR) is 60.6 cm³/mol. The lowest BCUT2D eigenvalue weighted by molar-refractivity contribution is -0.0829. The summed E-state index contributed by atoms with van der Waals surface area (Å²) in [6.07, 6.45) is -2.54. The van der Waals surface area contributed by atoms with E-state index in [1.54, 1.807) is 0 Å². The molecule has 0 aliphatic carbocycles. The van der Waals surface area contributed by atoms with E-state index in [-0.39, 0.29) is 11.3 Å². The molecule has 0 radical (unpaired) electrons. The summed E-state index contributed by atoms with van der Waals surface area (Å²) >= 11 is 0. The highest BCUT2D eigenvalue weighted by Gasteiger charge is 2.36.